The zero-order valence-electron chi connectivity index (χ0n) is 16.2. The molecule has 0 saturated carbocycles. The van der Waals surface area contributed by atoms with Crippen LogP contribution in [0.15, 0.2) is 47.5 Å². The first-order valence-electron chi connectivity index (χ1n) is 8.44. The van der Waals surface area contributed by atoms with Gasteiger partial charge in [-0.3, -0.25) is 4.99 Å². The predicted octanol–water partition coefficient (Wildman–Crippen LogP) is 3.71. The van der Waals surface area contributed by atoms with Crippen LogP contribution in [0.5, 0.6) is 11.5 Å². The lowest BCUT2D eigenvalue weighted by molar-refractivity contribution is 0.398. The van der Waals surface area contributed by atoms with E-state index in [9.17, 15) is 4.39 Å². The molecule has 0 aliphatic rings. The molecule has 0 aliphatic carbocycles. The van der Waals surface area contributed by atoms with E-state index >= 15 is 0 Å². The van der Waals surface area contributed by atoms with Crippen LogP contribution in [0.25, 0.3) is 0 Å². The Balaban J connectivity index is 0.00000364. The summed E-state index contributed by atoms with van der Waals surface area (Å²) in [7, 11) is 7.00. The molecule has 0 bridgehead atoms. The van der Waals surface area contributed by atoms with E-state index in [0.29, 0.717) is 13.1 Å². The second-order valence-electron chi connectivity index (χ2n) is 5.88. The fourth-order valence-corrected chi connectivity index (χ4v) is 2.71. The van der Waals surface area contributed by atoms with E-state index in [4.69, 9.17) is 9.47 Å². The quantitative estimate of drug-likeness (QED) is 0.368. The summed E-state index contributed by atoms with van der Waals surface area (Å²) >= 11 is 0. The minimum atomic E-state index is -0.230. The van der Waals surface area contributed by atoms with Crippen molar-refractivity contribution in [2.24, 2.45) is 4.99 Å². The third kappa shape index (κ3) is 6.89. The molecule has 2 aromatic carbocycles. The largest absolute Gasteiger partial charge is 0.497 e. The number of nitrogens with one attached hydrogen (secondary N) is 1. The van der Waals surface area contributed by atoms with E-state index in [1.54, 1.807) is 33.4 Å². The summed E-state index contributed by atoms with van der Waals surface area (Å²) < 4.78 is 23.7. The lowest BCUT2D eigenvalue weighted by atomic mass is 10.1. The Bertz CT molecular complexity index is 739. The first kappa shape index (κ1) is 23.0. The van der Waals surface area contributed by atoms with Crippen LogP contribution in [0.4, 0.5) is 4.39 Å². The molecule has 2 aromatic rings. The van der Waals surface area contributed by atoms with Gasteiger partial charge in [-0.2, -0.15) is 0 Å². The summed E-state index contributed by atoms with van der Waals surface area (Å²) in [4.78, 5) is 6.31. The van der Waals surface area contributed by atoms with Gasteiger partial charge in [0.2, 0.25) is 0 Å². The molecule has 2 rings (SSSR count). The monoisotopic (exact) mass is 487 g/mol. The highest BCUT2D eigenvalue weighted by atomic mass is 127. The Morgan fingerprint density at radius 2 is 1.81 bits per heavy atom. The lowest BCUT2D eigenvalue weighted by Crippen LogP contribution is -2.39. The molecule has 0 radical (unpaired) electrons. The van der Waals surface area contributed by atoms with Crippen molar-refractivity contribution in [1.29, 1.82) is 0 Å². The van der Waals surface area contributed by atoms with E-state index in [1.165, 1.54) is 12.1 Å². The summed E-state index contributed by atoms with van der Waals surface area (Å²) in [6, 6.07) is 12.3. The number of guanidine groups is 1. The maximum absolute atomic E-state index is 13.0. The Morgan fingerprint density at radius 1 is 1.11 bits per heavy atom. The van der Waals surface area contributed by atoms with Gasteiger partial charge >= 0.3 is 0 Å². The van der Waals surface area contributed by atoms with Crippen molar-refractivity contribution in [2.45, 2.75) is 13.0 Å². The van der Waals surface area contributed by atoms with Gasteiger partial charge in [0, 0.05) is 27.2 Å². The minimum Gasteiger partial charge on any atom is -0.497 e. The normalized spacial score (nSPS) is 10.8. The van der Waals surface area contributed by atoms with Crippen molar-refractivity contribution in [2.75, 3.05) is 34.9 Å². The van der Waals surface area contributed by atoms with E-state index in [-0.39, 0.29) is 29.8 Å². The molecular formula is C20H27FIN3O2. The molecule has 27 heavy (non-hydrogen) atoms. The zero-order valence-corrected chi connectivity index (χ0v) is 18.5. The molecule has 5 nitrogen and oxygen atoms in total. The van der Waals surface area contributed by atoms with E-state index in [0.717, 1.165) is 35.0 Å². The van der Waals surface area contributed by atoms with Crippen LogP contribution in [-0.4, -0.2) is 45.7 Å². The molecule has 148 valence electrons. The second-order valence-corrected chi connectivity index (χ2v) is 5.88. The Labute approximate surface area is 177 Å². The fraction of sp³-hybridized carbons (Fsp3) is 0.350. The van der Waals surface area contributed by atoms with Crippen molar-refractivity contribution in [3.63, 3.8) is 0 Å². The number of benzene rings is 2. The van der Waals surface area contributed by atoms with Gasteiger partial charge in [-0.25, -0.2) is 4.39 Å². The molecule has 0 saturated heterocycles. The third-order valence-electron chi connectivity index (χ3n) is 4.07. The standard InChI is InChI=1S/C20H26FN3O2.HI/c1-22-20(24(2)14-15-5-7-17(21)8-6-15)23-12-11-16-13-18(25-3)9-10-19(16)26-4;/h5-10,13H,11-12,14H2,1-4H3,(H,22,23);1H. The van der Waals surface area contributed by atoms with Crippen LogP contribution in [0.1, 0.15) is 11.1 Å². The zero-order chi connectivity index (χ0) is 18.9. The fourth-order valence-electron chi connectivity index (χ4n) is 2.71. The highest BCUT2D eigenvalue weighted by Gasteiger charge is 2.09. The van der Waals surface area contributed by atoms with Gasteiger partial charge < -0.3 is 19.7 Å². The van der Waals surface area contributed by atoms with E-state index < -0.39 is 0 Å². The first-order valence-corrected chi connectivity index (χ1v) is 8.44. The summed E-state index contributed by atoms with van der Waals surface area (Å²) in [6.45, 7) is 1.34. The van der Waals surface area contributed by atoms with Gasteiger partial charge in [0.05, 0.1) is 14.2 Å². The Morgan fingerprint density at radius 3 is 2.41 bits per heavy atom. The van der Waals surface area contributed by atoms with Gasteiger partial charge in [0.25, 0.3) is 0 Å². The van der Waals surface area contributed by atoms with Crippen LogP contribution < -0.4 is 14.8 Å². The highest BCUT2D eigenvalue weighted by Crippen LogP contribution is 2.24. The second kappa shape index (κ2) is 11.6. The number of aliphatic imine (C=N–C) groups is 1. The molecule has 0 amide bonds. The average molecular weight is 487 g/mol. The van der Waals surface area contributed by atoms with Crippen molar-refractivity contribution in [3.8, 4) is 11.5 Å². The predicted molar refractivity (Wildman–Crippen MR) is 118 cm³/mol. The molecule has 1 N–H and O–H groups in total. The number of halogens is 2. The summed E-state index contributed by atoms with van der Waals surface area (Å²) in [5.74, 6) is 2.18. The maximum atomic E-state index is 13.0. The summed E-state index contributed by atoms with van der Waals surface area (Å²) in [6.07, 6.45) is 0.768. The molecule has 0 fully saturated rings. The van der Waals surface area contributed by atoms with E-state index in [2.05, 4.69) is 10.3 Å². The third-order valence-corrected chi connectivity index (χ3v) is 4.07. The summed E-state index contributed by atoms with van der Waals surface area (Å²) in [5.41, 5.74) is 2.09. The number of ether oxygens (including phenoxy) is 2. The van der Waals surface area contributed by atoms with Crippen molar-refractivity contribution in [1.82, 2.24) is 10.2 Å². The van der Waals surface area contributed by atoms with Crippen molar-refractivity contribution in [3.05, 3.63) is 59.4 Å². The highest BCUT2D eigenvalue weighted by molar-refractivity contribution is 14.0. The lowest BCUT2D eigenvalue weighted by Gasteiger charge is -2.22. The average Bonchev–Trinajstić information content (AvgIpc) is 2.66. The number of methoxy groups -OCH3 is 2. The molecule has 0 aliphatic heterocycles. The molecule has 0 heterocycles. The Kier molecular flexibility index (Phi) is 9.92. The van der Waals surface area contributed by atoms with Gasteiger partial charge in [0.1, 0.15) is 17.3 Å². The maximum Gasteiger partial charge on any atom is 0.193 e. The first-order chi connectivity index (χ1) is 12.6. The molecule has 0 aromatic heterocycles. The van der Waals surface area contributed by atoms with Crippen LogP contribution in [0, 0.1) is 5.82 Å². The van der Waals surface area contributed by atoms with E-state index in [1.807, 2.05) is 30.1 Å². The molecular weight excluding hydrogens is 460 g/mol. The van der Waals surface area contributed by atoms with Crippen molar-refractivity contribution >= 4 is 29.9 Å². The molecule has 0 atom stereocenters. The van der Waals surface area contributed by atoms with Crippen LogP contribution in [0.3, 0.4) is 0 Å². The smallest absolute Gasteiger partial charge is 0.193 e. The van der Waals surface area contributed by atoms with Gasteiger partial charge in [-0.15, -0.1) is 24.0 Å². The molecule has 0 unspecified atom stereocenters. The number of nitrogens with zero attached hydrogens (tertiary/aromatic N) is 2. The van der Waals surface area contributed by atoms with Gasteiger partial charge in [0.15, 0.2) is 5.96 Å². The van der Waals surface area contributed by atoms with Crippen molar-refractivity contribution < 1.29 is 13.9 Å². The number of rotatable bonds is 7. The molecule has 0 spiro atoms. The summed E-state index contributed by atoms with van der Waals surface area (Å²) in [5, 5.41) is 3.34. The van der Waals surface area contributed by atoms with Gasteiger partial charge in [-0.05, 0) is 47.9 Å². The number of hydrogen-bond donors (Lipinski definition) is 1. The number of hydrogen-bond acceptors (Lipinski definition) is 3. The minimum absolute atomic E-state index is 0. The van der Waals surface area contributed by atoms with Crippen LogP contribution in [0.2, 0.25) is 0 Å². The topological polar surface area (TPSA) is 46.1 Å². The van der Waals surface area contributed by atoms with Gasteiger partial charge in [-0.1, -0.05) is 12.1 Å². The van der Waals surface area contributed by atoms with Crippen LogP contribution >= 0.6 is 24.0 Å². The molecule has 7 heteroatoms. The Hall–Kier alpha value is -2.03. The van der Waals surface area contributed by atoms with Crippen LogP contribution in [-0.2, 0) is 13.0 Å². The SMILES string of the molecule is CN=C(NCCc1cc(OC)ccc1OC)N(C)Cc1ccc(F)cc1.I.